The lowest BCUT2D eigenvalue weighted by molar-refractivity contribution is -0.132. The first-order valence-corrected chi connectivity index (χ1v) is 7.70. The van der Waals surface area contributed by atoms with Gasteiger partial charge in [-0.1, -0.05) is 43.2 Å². The number of likely N-dealkylation sites (tertiary alicyclic amines) is 1. The average Bonchev–Trinajstić information content (AvgIpc) is 2.90. The van der Waals surface area contributed by atoms with Crippen LogP contribution in [0.1, 0.15) is 43.0 Å². The summed E-state index contributed by atoms with van der Waals surface area (Å²) in [6.45, 7) is 0.893. The first-order chi connectivity index (χ1) is 9.27. The van der Waals surface area contributed by atoms with Crippen molar-refractivity contribution in [3.63, 3.8) is 0 Å². The normalized spacial score (nSPS) is 27.9. The Morgan fingerprint density at radius 2 is 1.89 bits per heavy atom. The topological polar surface area (TPSA) is 20.3 Å². The van der Waals surface area contributed by atoms with Gasteiger partial charge in [-0.2, -0.15) is 0 Å². The van der Waals surface area contributed by atoms with Gasteiger partial charge >= 0.3 is 0 Å². The maximum absolute atomic E-state index is 12.6. The van der Waals surface area contributed by atoms with Crippen molar-refractivity contribution in [3.05, 3.63) is 35.9 Å². The number of nitrogens with zero attached hydrogens (tertiary/aromatic N) is 1. The van der Waals surface area contributed by atoms with Crippen LogP contribution in [0.3, 0.4) is 0 Å². The van der Waals surface area contributed by atoms with E-state index < -0.39 is 5.38 Å². The quantitative estimate of drug-likeness (QED) is 0.754. The summed E-state index contributed by atoms with van der Waals surface area (Å²) >= 11 is 6.38. The minimum Gasteiger partial charge on any atom is -0.338 e. The van der Waals surface area contributed by atoms with Crippen molar-refractivity contribution >= 4 is 17.5 Å². The highest BCUT2D eigenvalue weighted by atomic mass is 35.5. The van der Waals surface area contributed by atoms with Gasteiger partial charge in [-0.15, -0.1) is 11.6 Å². The third-order valence-corrected chi connectivity index (χ3v) is 5.04. The summed E-state index contributed by atoms with van der Waals surface area (Å²) in [5.41, 5.74) is 0.911. The first kappa shape index (κ1) is 13.0. The highest BCUT2D eigenvalue weighted by Crippen LogP contribution is 2.38. The number of alkyl halides is 1. The van der Waals surface area contributed by atoms with Crippen LogP contribution in [-0.4, -0.2) is 23.4 Å². The van der Waals surface area contributed by atoms with Crippen LogP contribution in [0, 0.1) is 5.92 Å². The summed E-state index contributed by atoms with van der Waals surface area (Å²) in [5, 5.41) is -0.526. The lowest BCUT2D eigenvalue weighted by atomic mass is 9.85. The molecule has 102 valence electrons. The van der Waals surface area contributed by atoms with Gasteiger partial charge < -0.3 is 4.90 Å². The van der Waals surface area contributed by atoms with E-state index in [2.05, 4.69) is 4.90 Å². The van der Waals surface area contributed by atoms with Crippen molar-refractivity contribution in [2.75, 3.05) is 6.54 Å². The van der Waals surface area contributed by atoms with Crippen LogP contribution in [0.5, 0.6) is 0 Å². The van der Waals surface area contributed by atoms with E-state index in [0.29, 0.717) is 6.04 Å². The zero-order valence-corrected chi connectivity index (χ0v) is 11.9. The second-order valence-electron chi connectivity index (χ2n) is 5.71. The number of hydrogen-bond acceptors (Lipinski definition) is 1. The van der Waals surface area contributed by atoms with Crippen LogP contribution in [-0.2, 0) is 4.79 Å². The lowest BCUT2D eigenvalue weighted by Crippen LogP contribution is -2.40. The van der Waals surface area contributed by atoms with Gasteiger partial charge in [-0.05, 0) is 30.7 Å². The lowest BCUT2D eigenvalue weighted by Gasteiger charge is -2.32. The molecule has 2 nitrogen and oxygen atoms in total. The minimum absolute atomic E-state index is 0.0993. The third-order valence-electron chi connectivity index (χ3n) is 4.60. The second-order valence-corrected chi connectivity index (χ2v) is 6.14. The molecule has 1 saturated carbocycles. The van der Waals surface area contributed by atoms with Crippen LogP contribution in [0.15, 0.2) is 30.3 Å². The van der Waals surface area contributed by atoms with Crippen molar-refractivity contribution in [3.8, 4) is 0 Å². The van der Waals surface area contributed by atoms with Crippen LogP contribution in [0.2, 0.25) is 0 Å². The largest absolute Gasteiger partial charge is 0.338 e. The Morgan fingerprint density at radius 3 is 2.68 bits per heavy atom. The monoisotopic (exact) mass is 277 g/mol. The molecule has 3 atom stereocenters. The molecule has 2 fully saturated rings. The van der Waals surface area contributed by atoms with Crippen LogP contribution >= 0.6 is 11.6 Å². The van der Waals surface area contributed by atoms with Gasteiger partial charge in [0.05, 0.1) is 0 Å². The molecule has 3 rings (SSSR count). The number of halogens is 1. The fourth-order valence-electron chi connectivity index (χ4n) is 3.59. The Labute approximate surface area is 119 Å². The van der Waals surface area contributed by atoms with Gasteiger partial charge in [0, 0.05) is 12.6 Å². The minimum atomic E-state index is -0.526. The fraction of sp³-hybridized carbons (Fsp3) is 0.562. The second kappa shape index (κ2) is 5.54. The SMILES string of the molecule is O=C(C(Cl)c1ccccc1)N1CCC2CCCCC21. The molecule has 0 spiro atoms. The van der Waals surface area contributed by atoms with Gasteiger partial charge in [0.25, 0.3) is 0 Å². The number of fused-ring (bicyclic) bond motifs is 1. The molecule has 0 aromatic heterocycles. The molecule has 3 heteroatoms. The summed E-state index contributed by atoms with van der Waals surface area (Å²) in [6.07, 6.45) is 6.19. The van der Waals surface area contributed by atoms with Gasteiger partial charge in [-0.3, -0.25) is 4.79 Å². The standard InChI is InChI=1S/C16H20ClNO/c17-15(13-7-2-1-3-8-13)16(19)18-11-10-12-6-4-5-9-14(12)18/h1-3,7-8,12,14-15H,4-6,9-11H2. The highest BCUT2D eigenvalue weighted by molar-refractivity contribution is 6.30. The molecule has 1 aliphatic carbocycles. The van der Waals surface area contributed by atoms with Crippen LogP contribution in [0.4, 0.5) is 0 Å². The number of amides is 1. The molecule has 1 saturated heterocycles. The van der Waals surface area contributed by atoms with Gasteiger partial charge in [0.1, 0.15) is 5.38 Å². The maximum Gasteiger partial charge on any atom is 0.245 e. The van der Waals surface area contributed by atoms with Crippen molar-refractivity contribution in [1.29, 1.82) is 0 Å². The summed E-state index contributed by atoms with van der Waals surface area (Å²) < 4.78 is 0. The molecular formula is C16H20ClNO. The van der Waals surface area contributed by atoms with E-state index in [1.54, 1.807) is 0 Å². The number of rotatable bonds is 2. The van der Waals surface area contributed by atoms with E-state index in [4.69, 9.17) is 11.6 Å². The van der Waals surface area contributed by atoms with E-state index in [0.717, 1.165) is 30.9 Å². The number of carbonyl (C=O) groups excluding carboxylic acids is 1. The van der Waals surface area contributed by atoms with Gasteiger partial charge in [0.2, 0.25) is 5.91 Å². The van der Waals surface area contributed by atoms with Crippen LogP contribution < -0.4 is 0 Å². The zero-order chi connectivity index (χ0) is 13.2. The van der Waals surface area contributed by atoms with Crippen molar-refractivity contribution < 1.29 is 4.79 Å². The first-order valence-electron chi connectivity index (χ1n) is 7.27. The molecule has 1 aromatic rings. The average molecular weight is 278 g/mol. The molecule has 19 heavy (non-hydrogen) atoms. The molecule has 1 amide bonds. The van der Waals surface area contributed by atoms with E-state index in [1.807, 2.05) is 30.3 Å². The van der Waals surface area contributed by atoms with Crippen LogP contribution in [0.25, 0.3) is 0 Å². The Hall–Kier alpha value is -1.02. The Bertz CT molecular complexity index is 447. The Kier molecular flexibility index (Phi) is 3.79. The molecule has 1 heterocycles. The van der Waals surface area contributed by atoms with E-state index in [1.165, 1.54) is 19.3 Å². The van der Waals surface area contributed by atoms with E-state index in [9.17, 15) is 4.79 Å². The third kappa shape index (κ3) is 2.51. The predicted octanol–water partition coefficient (Wildman–Crippen LogP) is 3.76. The molecular weight excluding hydrogens is 258 g/mol. The van der Waals surface area contributed by atoms with Crippen molar-refractivity contribution in [1.82, 2.24) is 4.90 Å². The molecule has 0 N–H and O–H groups in total. The number of benzene rings is 1. The summed E-state index contributed by atoms with van der Waals surface area (Å²) in [5.74, 6) is 0.819. The zero-order valence-electron chi connectivity index (χ0n) is 11.1. The maximum atomic E-state index is 12.6. The Balaban J connectivity index is 1.73. The molecule has 0 radical (unpaired) electrons. The van der Waals surface area contributed by atoms with E-state index >= 15 is 0 Å². The van der Waals surface area contributed by atoms with Gasteiger partial charge in [0.15, 0.2) is 0 Å². The summed E-state index contributed by atoms with van der Waals surface area (Å²) in [7, 11) is 0. The fourth-order valence-corrected chi connectivity index (χ4v) is 3.86. The summed E-state index contributed by atoms with van der Waals surface area (Å²) in [6, 6.07) is 10.1. The predicted molar refractivity (Wildman–Crippen MR) is 77.1 cm³/mol. The van der Waals surface area contributed by atoms with Crippen molar-refractivity contribution in [2.24, 2.45) is 5.92 Å². The smallest absolute Gasteiger partial charge is 0.245 e. The number of hydrogen-bond donors (Lipinski definition) is 0. The van der Waals surface area contributed by atoms with Gasteiger partial charge in [-0.25, -0.2) is 0 Å². The van der Waals surface area contributed by atoms with E-state index in [-0.39, 0.29) is 5.91 Å². The van der Waals surface area contributed by atoms with Crippen molar-refractivity contribution in [2.45, 2.75) is 43.5 Å². The molecule has 1 aromatic carbocycles. The summed E-state index contributed by atoms with van der Waals surface area (Å²) in [4.78, 5) is 14.6. The molecule has 3 unspecified atom stereocenters. The molecule has 2 aliphatic rings. The highest BCUT2D eigenvalue weighted by Gasteiger charge is 2.39. The molecule has 1 aliphatic heterocycles. The number of carbonyl (C=O) groups is 1. The Morgan fingerprint density at radius 1 is 1.16 bits per heavy atom. The molecule has 0 bridgehead atoms.